The summed E-state index contributed by atoms with van der Waals surface area (Å²) < 4.78 is 72.5. The largest absolute Gasteiger partial charge is 0.416 e. The summed E-state index contributed by atoms with van der Waals surface area (Å²) in [6.07, 6.45) is -9.71. The Labute approximate surface area is 99.8 Å². The maximum atomic E-state index is 12.3. The zero-order valence-corrected chi connectivity index (χ0v) is 9.20. The molecule has 18 heavy (non-hydrogen) atoms. The van der Waals surface area contributed by atoms with Crippen molar-refractivity contribution in [3.8, 4) is 0 Å². The van der Waals surface area contributed by atoms with Crippen LogP contribution in [0.1, 0.15) is 17.5 Å². The van der Waals surface area contributed by atoms with Crippen LogP contribution in [0.5, 0.6) is 0 Å². The molecule has 1 aromatic carbocycles. The molecular formula is C11H11F6N. The number of alkyl halides is 6. The lowest BCUT2D eigenvalue weighted by atomic mass is 10.1. The first-order chi connectivity index (χ1) is 8.18. The van der Waals surface area contributed by atoms with E-state index in [2.05, 4.69) is 5.32 Å². The molecule has 0 aliphatic rings. The van der Waals surface area contributed by atoms with E-state index in [0.29, 0.717) is 5.56 Å². The van der Waals surface area contributed by atoms with Crippen molar-refractivity contribution in [1.29, 1.82) is 0 Å². The molecule has 1 nitrogen and oxygen atoms in total. The molecule has 0 unspecified atom stereocenters. The van der Waals surface area contributed by atoms with Gasteiger partial charge >= 0.3 is 12.4 Å². The molecule has 0 heterocycles. The van der Waals surface area contributed by atoms with Gasteiger partial charge in [-0.3, -0.25) is 0 Å². The Kier molecular flexibility index (Phi) is 4.61. The van der Waals surface area contributed by atoms with E-state index in [1.54, 1.807) is 0 Å². The van der Waals surface area contributed by atoms with Gasteiger partial charge in [0.15, 0.2) is 0 Å². The zero-order chi connectivity index (χ0) is 13.8. The van der Waals surface area contributed by atoms with Gasteiger partial charge in [0, 0.05) is 13.1 Å². The molecular weight excluding hydrogens is 260 g/mol. The fourth-order valence-corrected chi connectivity index (χ4v) is 1.32. The van der Waals surface area contributed by atoms with Gasteiger partial charge in [-0.05, 0) is 11.6 Å². The second-order valence-corrected chi connectivity index (χ2v) is 3.74. The minimum Gasteiger partial charge on any atom is -0.312 e. The first kappa shape index (κ1) is 14.8. The van der Waals surface area contributed by atoms with Crippen LogP contribution in [-0.2, 0) is 12.7 Å². The quantitative estimate of drug-likeness (QED) is 0.649. The maximum absolute atomic E-state index is 12.3. The third-order valence-corrected chi connectivity index (χ3v) is 2.17. The molecule has 0 radical (unpaired) electrons. The predicted octanol–water partition coefficient (Wildman–Crippen LogP) is 3.75. The number of rotatable bonds is 4. The second kappa shape index (κ2) is 5.60. The summed E-state index contributed by atoms with van der Waals surface area (Å²) in [6, 6.07) is 4.49. The van der Waals surface area contributed by atoms with Crippen molar-refractivity contribution < 1.29 is 26.3 Å². The molecule has 0 bridgehead atoms. The van der Waals surface area contributed by atoms with Crippen molar-refractivity contribution >= 4 is 0 Å². The Hall–Kier alpha value is -1.24. The molecule has 0 fully saturated rings. The lowest BCUT2D eigenvalue weighted by Gasteiger charge is -2.10. The molecule has 1 N–H and O–H groups in total. The molecule has 1 rings (SSSR count). The summed E-state index contributed by atoms with van der Waals surface area (Å²) in [7, 11) is 0. The van der Waals surface area contributed by atoms with Crippen molar-refractivity contribution in [3.05, 3.63) is 35.4 Å². The van der Waals surface area contributed by atoms with Gasteiger partial charge < -0.3 is 5.32 Å². The van der Waals surface area contributed by atoms with Gasteiger partial charge in [-0.25, -0.2) is 0 Å². The Bertz CT molecular complexity index is 382. The summed E-state index contributed by atoms with van der Waals surface area (Å²) in [5.74, 6) is 0. The van der Waals surface area contributed by atoms with Crippen LogP contribution >= 0.6 is 0 Å². The van der Waals surface area contributed by atoms with Crippen LogP contribution in [0.3, 0.4) is 0 Å². The summed E-state index contributed by atoms with van der Waals surface area (Å²) in [4.78, 5) is 0. The highest BCUT2D eigenvalue weighted by atomic mass is 19.4. The van der Waals surface area contributed by atoms with E-state index >= 15 is 0 Å². The number of halogens is 6. The van der Waals surface area contributed by atoms with Crippen LogP contribution < -0.4 is 5.32 Å². The SMILES string of the molecule is FC(F)(F)CCNCc1cccc(C(F)(F)F)c1. The summed E-state index contributed by atoms with van der Waals surface area (Å²) in [5.41, 5.74) is -0.510. The molecule has 7 heteroatoms. The fourth-order valence-electron chi connectivity index (χ4n) is 1.32. The Morgan fingerprint density at radius 3 is 2.22 bits per heavy atom. The third-order valence-electron chi connectivity index (χ3n) is 2.17. The highest BCUT2D eigenvalue weighted by Gasteiger charge is 2.30. The molecule has 0 aliphatic carbocycles. The van der Waals surface area contributed by atoms with E-state index in [9.17, 15) is 26.3 Å². The minimum absolute atomic E-state index is 0.0278. The topological polar surface area (TPSA) is 12.0 Å². The van der Waals surface area contributed by atoms with E-state index in [0.717, 1.165) is 12.1 Å². The van der Waals surface area contributed by atoms with Gasteiger partial charge in [-0.15, -0.1) is 0 Å². The van der Waals surface area contributed by atoms with E-state index in [1.807, 2.05) is 0 Å². The normalized spacial score (nSPS) is 12.8. The summed E-state index contributed by atoms with van der Waals surface area (Å²) >= 11 is 0. The molecule has 1 aromatic rings. The number of nitrogens with one attached hydrogen (secondary N) is 1. The Morgan fingerprint density at radius 1 is 1.00 bits per heavy atom. The maximum Gasteiger partial charge on any atom is 0.416 e. The predicted molar refractivity (Wildman–Crippen MR) is 53.8 cm³/mol. The molecule has 0 aliphatic heterocycles. The van der Waals surface area contributed by atoms with E-state index in [-0.39, 0.29) is 13.1 Å². The third kappa shape index (κ3) is 5.39. The van der Waals surface area contributed by atoms with Gasteiger partial charge in [-0.2, -0.15) is 26.3 Å². The van der Waals surface area contributed by atoms with Gasteiger partial charge in [0.05, 0.1) is 12.0 Å². The zero-order valence-electron chi connectivity index (χ0n) is 9.20. The molecule has 0 saturated heterocycles. The molecule has 0 amide bonds. The molecule has 0 aromatic heterocycles. The van der Waals surface area contributed by atoms with E-state index < -0.39 is 24.3 Å². The standard InChI is InChI=1S/C11H11F6N/c12-10(13,14)4-5-18-7-8-2-1-3-9(6-8)11(15,16)17/h1-3,6,18H,4-5,7H2. The average Bonchev–Trinajstić information content (AvgIpc) is 2.22. The van der Waals surface area contributed by atoms with Crippen LogP contribution in [-0.4, -0.2) is 12.7 Å². The van der Waals surface area contributed by atoms with Crippen molar-refractivity contribution in [1.82, 2.24) is 5.32 Å². The van der Waals surface area contributed by atoms with Crippen LogP contribution in [0.15, 0.2) is 24.3 Å². The van der Waals surface area contributed by atoms with Crippen LogP contribution in [0, 0.1) is 0 Å². The first-order valence-electron chi connectivity index (χ1n) is 5.12. The van der Waals surface area contributed by atoms with Crippen molar-refractivity contribution in [3.63, 3.8) is 0 Å². The van der Waals surface area contributed by atoms with Crippen LogP contribution in [0.4, 0.5) is 26.3 Å². The summed E-state index contributed by atoms with van der Waals surface area (Å²) in [5, 5.41) is 2.45. The van der Waals surface area contributed by atoms with Gasteiger partial charge in [0.1, 0.15) is 0 Å². The fraction of sp³-hybridized carbons (Fsp3) is 0.455. The van der Waals surface area contributed by atoms with Crippen molar-refractivity contribution in [2.24, 2.45) is 0 Å². The van der Waals surface area contributed by atoms with Crippen LogP contribution in [0.2, 0.25) is 0 Å². The number of hydrogen-bond acceptors (Lipinski definition) is 1. The molecule has 102 valence electrons. The summed E-state index contributed by atoms with van der Waals surface area (Å²) in [6.45, 7) is -0.347. The smallest absolute Gasteiger partial charge is 0.312 e. The lowest BCUT2D eigenvalue weighted by molar-refractivity contribution is -0.137. The highest BCUT2D eigenvalue weighted by Crippen LogP contribution is 2.29. The van der Waals surface area contributed by atoms with Gasteiger partial charge in [-0.1, -0.05) is 18.2 Å². The minimum atomic E-state index is -4.44. The molecule has 0 spiro atoms. The monoisotopic (exact) mass is 271 g/mol. The van der Waals surface area contributed by atoms with E-state index in [4.69, 9.17) is 0 Å². The molecule has 0 saturated carbocycles. The average molecular weight is 271 g/mol. The van der Waals surface area contributed by atoms with Gasteiger partial charge in [0.25, 0.3) is 0 Å². The Morgan fingerprint density at radius 2 is 1.67 bits per heavy atom. The number of benzene rings is 1. The van der Waals surface area contributed by atoms with Gasteiger partial charge in [0.2, 0.25) is 0 Å². The van der Waals surface area contributed by atoms with Crippen LogP contribution in [0.25, 0.3) is 0 Å². The second-order valence-electron chi connectivity index (χ2n) is 3.74. The Balaban J connectivity index is 2.49. The van der Waals surface area contributed by atoms with Crippen molar-refractivity contribution in [2.75, 3.05) is 6.54 Å². The first-order valence-corrected chi connectivity index (χ1v) is 5.12. The van der Waals surface area contributed by atoms with Crippen molar-refractivity contribution in [2.45, 2.75) is 25.3 Å². The lowest BCUT2D eigenvalue weighted by Crippen LogP contribution is -2.21. The molecule has 0 atom stereocenters. The highest BCUT2D eigenvalue weighted by molar-refractivity contribution is 5.25. The van der Waals surface area contributed by atoms with E-state index in [1.165, 1.54) is 12.1 Å². The number of hydrogen-bond donors (Lipinski definition) is 1.